The molecule has 1 fully saturated rings. The van der Waals surface area contributed by atoms with Crippen LogP contribution in [0.15, 0.2) is 24.3 Å². The Labute approximate surface area is 127 Å². The van der Waals surface area contributed by atoms with Gasteiger partial charge in [0.2, 0.25) is 5.91 Å². The summed E-state index contributed by atoms with van der Waals surface area (Å²) in [6, 6.07) is 7.75. The molecule has 0 heterocycles. The second-order valence-corrected chi connectivity index (χ2v) is 6.31. The molecule has 0 aliphatic heterocycles. The first-order valence-electron chi connectivity index (χ1n) is 7.84. The number of rotatable bonds is 6. The number of benzene rings is 1. The van der Waals surface area contributed by atoms with Crippen LogP contribution in [0.5, 0.6) is 5.75 Å². The molecule has 0 aromatic heterocycles. The van der Waals surface area contributed by atoms with Gasteiger partial charge in [-0.25, -0.2) is 0 Å². The van der Waals surface area contributed by atoms with Crippen molar-refractivity contribution in [1.82, 2.24) is 0 Å². The summed E-state index contributed by atoms with van der Waals surface area (Å²) in [5.74, 6) is 1.62. The highest BCUT2D eigenvalue weighted by molar-refractivity contribution is 5.92. The van der Waals surface area contributed by atoms with Gasteiger partial charge in [0.05, 0.1) is 6.61 Å². The molecule has 1 amide bonds. The van der Waals surface area contributed by atoms with E-state index in [0.717, 1.165) is 43.7 Å². The molecule has 2 unspecified atom stereocenters. The number of carbonyl (C=O) groups is 1. The molecular weight excluding hydrogens is 264 g/mol. The molecule has 0 bridgehead atoms. The molecule has 2 rings (SSSR count). The van der Waals surface area contributed by atoms with Crippen molar-refractivity contribution < 1.29 is 9.53 Å². The molecule has 1 aromatic rings. The second-order valence-electron chi connectivity index (χ2n) is 6.31. The lowest BCUT2D eigenvalue weighted by atomic mass is 10.1. The first-order valence-corrected chi connectivity index (χ1v) is 7.84. The van der Waals surface area contributed by atoms with Crippen LogP contribution in [0.4, 0.5) is 5.69 Å². The Morgan fingerprint density at radius 2 is 2.05 bits per heavy atom. The summed E-state index contributed by atoms with van der Waals surface area (Å²) >= 11 is 0. The minimum atomic E-state index is 0.0574. The van der Waals surface area contributed by atoms with Crippen LogP contribution < -0.4 is 15.8 Å². The zero-order valence-corrected chi connectivity index (χ0v) is 13.0. The maximum atomic E-state index is 12.1. The zero-order valence-electron chi connectivity index (χ0n) is 13.0. The largest absolute Gasteiger partial charge is 0.494 e. The van der Waals surface area contributed by atoms with Gasteiger partial charge in [0.1, 0.15) is 5.75 Å². The van der Waals surface area contributed by atoms with Gasteiger partial charge in [-0.05, 0) is 55.9 Å². The highest BCUT2D eigenvalue weighted by Crippen LogP contribution is 2.26. The van der Waals surface area contributed by atoms with Crippen molar-refractivity contribution in [2.24, 2.45) is 17.6 Å². The highest BCUT2D eigenvalue weighted by atomic mass is 16.5. The van der Waals surface area contributed by atoms with Gasteiger partial charge in [0.25, 0.3) is 0 Å². The Morgan fingerprint density at radius 3 is 2.62 bits per heavy atom. The standard InChI is InChI=1S/C17H26N2O2/c1-12(2)9-10-21-16-7-5-15(6-8-16)19-17(20)13-3-4-14(18)11-13/h5-8,12-14H,3-4,9-11,18H2,1-2H3,(H,19,20). The summed E-state index contributed by atoms with van der Waals surface area (Å²) in [6.07, 6.45) is 3.67. The molecule has 1 saturated carbocycles. The van der Waals surface area contributed by atoms with Crippen LogP contribution in [0.2, 0.25) is 0 Å². The van der Waals surface area contributed by atoms with Crippen molar-refractivity contribution in [2.45, 2.75) is 45.6 Å². The van der Waals surface area contributed by atoms with E-state index in [1.807, 2.05) is 24.3 Å². The molecule has 4 heteroatoms. The van der Waals surface area contributed by atoms with Gasteiger partial charge in [0, 0.05) is 17.6 Å². The molecule has 2 atom stereocenters. The lowest BCUT2D eigenvalue weighted by Gasteiger charge is -2.12. The molecule has 1 aliphatic rings. The zero-order chi connectivity index (χ0) is 15.2. The van der Waals surface area contributed by atoms with Gasteiger partial charge >= 0.3 is 0 Å². The third-order valence-electron chi connectivity index (χ3n) is 3.93. The van der Waals surface area contributed by atoms with E-state index in [0.29, 0.717) is 5.92 Å². The Bertz CT molecular complexity index is 456. The van der Waals surface area contributed by atoms with E-state index >= 15 is 0 Å². The quantitative estimate of drug-likeness (QED) is 0.845. The smallest absolute Gasteiger partial charge is 0.227 e. The minimum Gasteiger partial charge on any atom is -0.494 e. The third-order valence-corrected chi connectivity index (χ3v) is 3.93. The number of hydrogen-bond acceptors (Lipinski definition) is 3. The predicted octanol–water partition coefficient (Wildman–Crippen LogP) is 3.18. The maximum Gasteiger partial charge on any atom is 0.227 e. The van der Waals surface area contributed by atoms with Crippen LogP contribution in [0.3, 0.4) is 0 Å². The van der Waals surface area contributed by atoms with Crippen LogP contribution in [0.1, 0.15) is 39.5 Å². The molecule has 1 aromatic carbocycles. The number of carbonyl (C=O) groups excluding carboxylic acids is 1. The summed E-state index contributed by atoms with van der Waals surface area (Å²) in [5, 5.41) is 2.96. The number of ether oxygens (including phenoxy) is 1. The molecule has 0 spiro atoms. The van der Waals surface area contributed by atoms with E-state index in [9.17, 15) is 4.79 Å². The fraction of sp³-hybridized carbons (Fsp3) is 0.588. The second kappa shape index (κ2) is 7.46. The molecule has 0 radical (unpaired) electrons. The maximum absolute atomic E-state index is 12.1. The molecule has 4 nitrogen and oxygen atoms in total. The summed E-state index contributed by atoms with van der Waals surface area (Å²) in [7, 11) is 0. The SMILES string of the molecule is CC(C)CCOc1ccc(NC(=O)C2CCC(N)C2)cc1. The van der Waals surface area contributed by atoms with Crippen LogP contribution in [-0.4, -0.2) is 18.6 Å². The molecular formula is C17H26N2O2. The highest BCUT2D eigenvalue weighted by Gasteiger charge is 2.27. The Balaban J connectivity index is 1.80. The molecule has 3 N–H and O–H groups in total. The van der Waals surface area contributed by atoms with Crippen LogP contribution in [-0.2, 0) is 4.79 Å². The summed E-state index contributed by atoms with van der Waals surface area (Å²) in [5.41, 5.74) is 6.66. The minimum absolute atomic E-state index is 0.0574. The van der Waals surface area contributed by atoms with Gasteiger partial charge in [-0.15, -0.1) is 0 Å². The Kier molecular flexibility index (Phi) is 5.62. The lowest BCUT2D eigenvalue weighted by molar-refractivity contribution is -0.119. The average Bonchev–Trinajstić information content (AvgIpc) is 2.87. The van der Waals surface area contributed by atoms with Gasteiger partial charge in [-0.1, -0.05) is 13.8 Å². The molecule has 1 aliphatic carbocycles. The van der Waals surface area contributed by atoms with Crippen molar-refractivity contribution in [3.05, 3.63) is 24.3 Å². The van der Waals surface area contributed by atoms with Crippen molar-refractivity contribution in [3.63, 3.8) is 0 Å². The van der Waals surface area contributed by atoms with Gasteiger partial charge < -0.3 is 15.8 Å². The van der Waals surface area contributed by atoms with Crippen molar-refractivity contribution >= 4 is 11.6 Å². The predicted molar refractivity (Wildman–Crippen MR) is 85.3 cm³/mol. The summed E-state index contributed by atoms with van der Waals surface area (Å²) in [6.45, 7) is 5.08. The summed E-state index contributed by atoms with van der Waals surface area (Å²) in [4.78, 5) is 12.1. The van der Waals surface area contributed by atoms with Crippen LogP contribution in [0.25, 0.3) is 0 Å². The lowest BCUT2D eigenvalue weighted by Crippen LogP contribution is -2.23. The van der Waals surface area contributed by atoms with Crippen LogP contribution in [0, 0.1) is 11.8 Å². The van der Waals surface area contributed by atoms with Gasteiger partial charge in [0.15, 0.2) is 0 Å². The number of nitrogens with one attached hydrogen (secondary N) is 1. The van der Waals surface area contributed by atoms with Crippen molar-refractivity contribution in [2.75, 3.05) is 11.9 Å². The van der Waals surface area contributed by atoms with E-state index < -0.39 is 0 Å². The fourth-order valence-electron chi connectivity index (χ4n) is 2.55. The van der Waals surface area contributed by atoms with E-state index in [4.69, 9.17) is 10.5 Å². The number of nitrogens with two attached hydrogens (primary N) is 1. The van der Waals surface area contributed by atoms with E-state index in [2.05, 4.69) is 19.2 Å². The van der Waals surface area contributed by atoms with Crippen LogP contribution >= 0.6 is 0 Å². The van der Waals surface area contributed by atoms with Crippen molar-refractivity contribution in [3.8, 4) is 5.75 Å². The summed E-state index contributed by atoms with van der Waals surface area (Å²) < 4.78 is 5.66. The molecule has 0 saturated heterocycles. The Morgan fingerprint density at radius 1 is 1.33 bits per heavy atom. The monoisotopic (exact) mass is 290 g/mol. The van der Waals surface area contributed by atoms with E-state index in [-0.39, 0.29) is 17.9 Å². The van der Waals surface area contributed by atoms with E-state index in [1.54, 1.807) is 0 Å². The van der Waals surface area contributed by atoms with Gasteiger partial charge in [-0.3, -0.25) is 4.79 Å². The normalized spacial score (nSPS) is 21.5. The van der Waals surface area contributed by atoms with Gasteiger partial charge in [-0.2, -0.15) is 0 Å². The third kappa shape index (κ3) is 5.05. The molecule has 116 valence electrons. The van der Waals surface area contributed by atoms with E-state index in [1.165, 1.54) is 0 Å². The number of anilines is 1. The Hall–Kier alpha value is -1.55. The van der Waals surface area contributed by atoms with Crippen molar-refractivity contribution in [1.29, 1.82) is 0 Å². The average molecular weight is 290 g/mol. The first-order chi connectivity index (χ1) is 10.0. The number of hydrogen-bond donors (Lipinski definition) is 2. The fourth-order valence-corrected chi connectivity index (χ4v) is 2.55. The topological polar surface area (TPSA) is 64.3 Å². The first kappa shape index (κ1) is 15.8. The molecule has 21 heavy (non-hydrogen) atoms. The number of amides is 1.